The van der Waals surface area contributed by atoms with E-state index in [9.17, 15) is 4.79 Å². The molecule has 0 aliphatic rings. The Morgan fingerprint density at radius 3 is 2.58 bits per heavy atom. The first kappa shape index (κ1) is 18.0. The van der Waals surface area contributed by atoms with Crippen LogP contribution in [0.5, 0.6) is 5.75 Å². The van der Waals surface area contributed by atoms with Crippen molar-refractivity contribution >= 4 is 29.5 Å². The number of carboxylic acids is 1. The maximum absolute atomic E-state index is 10.8. The van der Waals surface area contributed by atoms with Gasteiger partial charge in [-0.3, -0.25) is 4.99 Å². The monoisotopic (exact) mass is 345 g/mol. The number of unbranched alkanes of at least 4 members (excludes halogenated alkanes) is 2. The van der Waals surface area contributed by atoms with Gasteiger partial charge in [0.15, 0.2) is 0 Å². The minimum atomic E-state index is -0.945. The van der Waals surface area contributed by atoms with Crippen molar-refractivity contribution in [3.8, 4) is 5.75 Å². The summed E-state index contributed by atoms with van der Waals surface area (Å²) in [4.78, 5) is 15.2. The summed E-state index contributed by atoms with van der Waals surface area (Å²) in [6, 6.07) is 11.9. The molecule has 0 saturated carbocycles. The zero-order valence-corrected chi connectivity index (χ0v) is 14.3. The Morgan fingerprint density at radius 2 is 1.96 bits per heavy atom. The number of halogens is 1. The summed E-state index contributed by atoms with van der Waals surface area (Å²) < 4.78 is 5.65. The van der Waals surface area contributed by atoms with Crippen molar-refractivity contribution < 1.29 is 14.6 Å². The number of hydrogen-bond donors (Lipinski definition) is 1. The van der Waals surface area contributed by atoms with Crippen molar-refractivity contribution in [3.05, 3.63) is 58.6 Å². The fourth-order valence-electron chi connectivity index (χ4n) is 2.08. The first-order chi connectivity index (χ1) is 11.6. The van der Waals surface area contributed by atoms with E-state index in [2.05, 4.69) is 11.9 Å². The van der Waals surface area contributed by atoms with Gasteiger partial charge >= 0.3 is 5.97 Å². The summed E-state index contributed by atoms with van der Waals surface area (Å²) >= 11 is 6.22. The number of aromatic carboxylic acids is 1. The maximum Gasteiger partial charge on any atom is 0.335 e. The van der Waals surface area contributed by atoms with Crippen LogP contribution >= 0.6 is 11.6 Å². The van der Waals surface area contributed by atoms with Gasteiger partial charge < -0.3 is 9.84 Å². The number of nitrogens with zero attached hydrogens (tertiary/aromatic N) is 1. The molecule has 0 aromatic heterocycles. The number of benzene rings is 2. The van der Waals surface area contributed by atoms with Gasteiger partial charge in [0.25, 0.3) is 0 Å². The van der Waals surface area contributed by atoms with E-state index in [4.69, 9.17) is 21.4 Å². The molecule has 5 heteroatoms. The highest BCUT2D eigenvalue weighted by Crippen LogP contribution is 2.29. The highest BCUT2D eigenvalue weighted by molar-refractivity contribution is 6.32. The number of aliphatic imine (C=N–C) groups is 1. The minimum absolute atomic E-state index is 0.250. The summed E-state index contributed by atoms with van der Waals surface area (Å²) in [5, 5.41) is 9.40. The Labute approximate surface area is 146 Å². The van der Waals surface area contributed by atoms with Crippen LogP contribution in [0.2, 0.25) is 5.02 Å². The maximum atomic E-state index is 10.8. The molecule has 2 rings (SSSR count). The molecule has 0 radical (unpaired) electrons. The molecule has 1 N–H and O–H groups in total. The van der Waals surface area contributed by atoms with E-state index in [1.807, 2.05) is 12.1 Å². The first-order valence-electron chi connectivity index (χ1n) is 7.90. The van der Waals surface area contributed by atoms with Gasteiger partial charge in [-0.25, -0.2) is 4.79 Å². The van der Waals surface area contributed by atoms with Crippen LogP contribution in [0.15, 0.2) is 47.5 Å². The van der Waals surface area contributed by atoms with Crippen molar-refractivity contribution in [1.82, 2.24) is 0 Å². The molecule has 0 bridgehead atoms. The van der Waals surface area contributed by atoms with Gasteiger partial charge in [0.1, 0.15) is 5.75 Å². The standard InChI is InChI=1S/C19H20ClNO3/c1-2-3-4-11-24-18-10-9-16(12-17(18)20)21-13-14-5-7-15(8-6-14)19(22)23/h5-10,12-13H,2-4,11H2,1H3,(H,22,23). The number of hydrogen-bond acceptors (Lipinski definition) is 3. The number of rotatable bonds is 8. The molecule has 0 heterocycles. The predicted molar refractivity (Wildman–Crippen MR) is 97.1 cm³/mol. The summed E-state index contributed by atoms with van der Waals surface area (Å²) in [6.45, 7) is 2.81. The van der Waals surface area contributed by atoms with Gasteiger partial charge in [0.2, 0.25) is 0 Å². The van der Waals surface area contributed by atoms with Crippen molar-refractivity contribution in [1.29, 1.82) is 0 Å². The quantitative estimate of drug-likeness (QED) is 0.517. The average Bonchev–Trinajstić information content (AvgIpc) is 2.58. The van der Waals surface area contributed by atoms with Gasteiger partial charge in [0.05, 0.1) is 22.9 Å². The Balaban J connectivity index is 1.99. The van der Waals surface area contributed by atoms with E-state index in [0.29, 0.717) is 23.1 Å². The lowest BCUT2D eigenvalue weighted by atomic mass is 10.1. The summed E-state index contributed by atoms with van der Waals surface area (Å²) in [5.41, 5.74) is 1.78. The number of carboxylic acid groups (broad SMARTS) is 1. The lowest BCUT2D eigenvalue weighted by Crippen LogP contribution is -1.97. The summed E-state index contributed by atoms with van der Waals surface area (Å²) in [5.74, 6) is -0.280. The van der Waals surface area contributed by atoms with Crippen molar-refractivity contribution in [2.75, 3.05) is 6.61 Å². The SMILES string of the molecule is CCCCCOc1ccc(N=Cc2ccc(C(=O)O)cc2)cc1Cl. The third-order valence-corrected chi connectivity index (χ3v) is 3.74. The highest BCUT2D eigenvalue weighted by atomic mass is 35.5. The lowest BCUT2D eigenvalue weighted by molar-refractivity contribution is 0.0697. The van der Waals surface area contributed by atoms with Crippen LogP contribution in [0, 0.1) is 0 Å². The number of ether oxygens (including phenoxy) is 1. The summed E-state index contributed by atoms with van der Waals surface area (Å²) in [6.07, 6.45) is 4.97. The molecule has 0 unspecified atom stereocenters. The Kier molecular flexibility index (Phi) is 6.82. The third-order valence-electron chi connectivity index (χ3n) is 3.44. The van der Waals surface area contributed by atoms with E-state index in [1.54, 1.807) is 36.5 Å². The second-order valence-electron chi connectivity index (χ2n) is 5.36. The molecule has 0 saturated heterocycles. The van der Waals surface area contributed by atoms with Gasteiger partial charge in [-0.1, -0.05) is 43.5 Å². The third kappa shape index (κ3) is 5.39. The molecule has 0 spiro atoms. The second-order valence-corrected chi connectivity index (χ2v) is 5.76. The van der Waals surface area contributed by atoms with Crippen LogP contribution < -0.4 is 4.74 Å². The lowest BCUT2D eigenvalue weighted by Gasteiger charge is -2.08. The molecule has 0 fully saturated rings. The molecule has 24 heavy (non-hydrogen) atoms. The molecule has 2 aromatic carbocycles. The molecular formula is C19H20ClNO3. The topological polar surface area (TPSA) is 58.9 Å². The van der Waals surface area contributed by atoms with Gasteiger partial charge in [-0.2, -0.15) is 0 Å². The average molecular weight is 346 g/mol. The molecule has 126 valence electrons. The van der Waals surface area contributed by atoms with E-state index >= 15 is 0 Å². The smallest absolute Gasteiger partial charge is 0.335 e. The van der Waals surface area contributed by atoms with E-state index in [-0.39, 0.29) is 5.56 Å². The first-order valence-corrected chi connectivity index (χ1v) is 8.27. The Morgan fingerprint density at radius 1 is 1.21 bits per heavy atom. The Hall–Kier alpha value is -2.33. The van der Waals surface area contributed by atoms with Gasteiger partial charge in [-0.05, 0) is 42.3 Å². The van der Waals surface area contributed by atoms with Gasteiger partial charge in [-0.15, -0.1) is 0 Å². The van der Waals surface area contributed by atoms with Crippen molar-refractivity contribution in [3.63, 3.8) is 0 Å². The molecule has 2 aromatic rings. The summed E-state index contributed by atoms with van der Waals surface area (Å²) in [7, 11) is 0. The van der Waals surface area contributed by atoms with Gasteiger partial charge in [0, 0.05) is 6.21 Å². The minimum Gasteiger partial charge on any atom is -0.492 e. The number of carbonyl (C=O) groups is 1. The predicted octanol–water partition coefficient (Wildman–Crippen LogP) is 5.36. The molecule has 0 amide bonds. The molecule has 0 atom stereocenters. The fraction of sp³-hybridized carbons (Fsp3) is 0.263. The molecule has 4 nitrogen and oxygen atoms in total. The Bertz CT molecular complexity index is 711. The van der Waals surface area contributed by atoms with Crippen LogP contribution in [0.4, 0.5) is 5.69 Å². The highest BCUT2D eigenvalue weighted by Gasteiger charge is 2.03. The van der Waals surface area contributed by atoms with Crippen LogP contribution in [-0.4, -0.2) is 23.9 Å². The molecular weight excluding hydrogens is 326 g/mol. The zero-order valence-electron chi connectivity index (χ0n) is 13.5. The largest absolute Gasteiger partial charge is 0.492 e. The second kappa shape index (κ2) is 9.08. The normalized spacial score (nSPS) is 10.9. The van der Waals surface area contributed by atoms with Crippen LogP contribution in [0.1, 0.15) is 42.1 Å². The van der Waals surface area contributed by atoms with Crippen molar-refractivity contribution in [2.45, 2.75) is 26.2 Å². The van der Waals surface area contributed by atoms with Crippen LogP contribution in [0.3, 0.4) is 0 Å². The van der Waals surface area contributed by atoms with Crippen LogP contribution in [-0.2, 0) is 0 Å². The van der Waals surface area contributed by atoms with Crippen molar-refractivity contribution in [2.24, 2.45) is 4.99 Å². The zero-order chi connectivity index (χ0) is 17.4. The molecule has 0 aliphatic heterocycles. The van der Waals surface area contributed by atoms with Crippen LogP contribution in [0.25, 0.3) is 0 Å². The fourth-order valence-corrected chi connectivity index (χ4v) is 2.31. The van der Waals surface area contributed by atoms with E-state index in [0.717, 1.165) is 24.8 Å². The van der Waals surface area contributed by atoms with E-state index in [1.165, 1.54) is 0 Å². The molecule has 0 aliphatic carbocycles. The van der Waals surface area contributed by atoms with E-state index < -0.39 is 5.97 Å².